The highest BCUT2D eigenvalue weighted by Gasteiger charge is 2.04. The summed E-state index contributed by atoms with van der Waals surface area (Å²) < 4.78 is 28.1. The van der Waals surface area contributed by atoms with E-state index in [4.69, 9.17) is 17.3 Å². The number of nitrogen functional groups attached to an aromatic ring is 1. The molecule has 0 aliphatic rings. The summed E-state index contributed by atoms with van der Waals surface area (Å²) in [4.78, 5) is 7.50. The Morgan fingerprint density at radius 1 is 1.56 bits per heavy atom. The van der Waals surface area contributed by atoms with Gasteiger partial charge in [0.15, 0.2) is 5.82 Å². The van der Waals surface area contributed by atoms with Crippen molar-refractivity contribution >= 4 is 23.4 Å². The molecule has 0 spiro atoms. The summed E-state index contributed by atoms with van der Waals surface area (Å²) in [6.45, 7) is -0.144. The van der Waals surface area contributed by atoms with E-state index in [1.807, 2.05) is 0 Å². The number of halogens is 3. The molecule has 8 heteroatoms. The molecule has 0 atom stereocenters. The number of nitrogens with zero attached hydrogens (tertiary/aromatic N) is 2. The van der Waals surface area contributed by atoms with Crippen molar-refractivity contribution in [3.05, 3.63) is 11.2 Å². The van der Waals surface area contributed by atoms with Gasteiger partial charge in [-0.05, 0) is 0 Å². The van der Waals surface area contributed by atoms with Crippen LogP contribution in [0.1, 0.15) is 0 Å². The molecule has 0 aliphatic carbocycles. The number of alkyl halides is 2. The van der Waals surface area contributed by atoms with Crippen LogP contribution >= 0.6 is 11.6 Å². The van der Waals surface area contributed by atoms with Crippen LogP contribution in [0.4, 0.5) is 20.5 Å². The number of nitrogens with two attached hydrogens (primary N) is 1. The lowest BCUT2D eigenvalue weighted by Gasteiger charge is -2.07. The molecule has 0 saturated heterocycles. The molecule has 1 rings (SSSR count). The molecular weight excluding hydrogens is 242 g/mol. The van der Waals surface area contributed by atoms with Crippen molar-refractivity contribution in [3.63, 3.8) is 0 Å². The van der Waals surface area contributed by atoms with Crippen LogP contribution in [0.5, 0.6) is 0 Å². The quantitative estimate of drug-likeness (QED) is 0.749. The second-order valence-corrected chi connectivity index (χ2v) is 3.22. The topological polar surface area (TPSA) is 73.1 Å². The van der Waals surface area contributed by atoms with Crippen LogP contribution in [0.3, 0.4) is 0 Å². The van der Waals surface area contributed by atoms with Crippen LogP contribution < -0.4 is 11.1 Å². The molecule has 5 nitrogen and oxygen atoms in total. The molecule has 0 unspecified atom stereocenters. The van der Waals surface area contributed by atoms with Crippen molar-refractivity contribution in [1.82, 2.24) is 9.97 Å². The summed E-state index contributed by atoms with van der Waals surface area (Å²) in [5, 5.41) is 3.10. The van der Waals surface area contributed by atoms with Crippen molar-refractivity contribution in [2.45, 2.75) is 6.43 Å². The van der Waals surface area contributed by atoms with E-state index in [9.17, 15) is 8.78 Å². The molecule has 16 heavy (non-hydrogen) atoms. The van der Waals surface area contributed by atoms with Gasteiger partial charge in [0.2, 0.25) is 5.95 Å². The smallest absolute Gasteiger partial charge is 0.261 e. The lowest BCUT2D eigenvalue weighted by Crippen LogP contribution is -2.14. The van der Waals surface area contributed by atoms with Crippen molar-refractivity contribution < 1.29 is 13.5 Å². The molecule has 1 aromatic heterocycles. The molecule has 0 bridgehead atoms. The summed E-state index contributed by atoms with van der Waals surface area (Å²) in [6, 6.07) is 0. The van der Waals surface area contributed by atoms with E-state index in [0.717, 1.165) is 0 Å². The first-order valence-corrected chi connectivity index (χ1v) is 4.85. The third-order valence-corrected chi connectivity index (χ3v) is 1.82. The van der Waals surface area contributed by atoms with Gasteiger partial charge >= 0.3 is 0 Å². The minimum absolute atomic E-state index is 0.0837. The summed E-state index contributed by atoms with van der Waals surface area (Å²) in [7, 11) is 0. The van der Waals surface area contributed by atoms with Gasteiger partial charge < -0.3 is 15.8 Å². The fourth-order valence-electron chi connectivity index (χ4n) is 0.919. The average Bonchev–Trinajstić information content (AvgIpc) is 2.22. The molecule has 0 radical (unpaired) electrons. The van der Waals surface area contributed by atoms with Gasteiger partial charge in [-0.2, -0.15) is 4.98 Å². The zero-order valence-corrected chi connectivity index (χ0v) is 9.05. The first kappa shape index (κ1) is 12.9. The Morgan fingerprint density at radius 3 is 3.00 bits per heavy atom. The SMILES string of the molecule is Nc1ncc(Cl)c(NCCOCC(F)F)n1. The number of aromatic nitrogens is 2. The normalized spacial score (nSPS) is 10.8. The summed E-state index contributed by atoms with van der Waals surface area (Å²) in [5.74, 6) is 0.440. The minimum atomic E-state index is -2.46. The van der Waals surface area contributed by atoms with Gasteiger partial charge in [0.1, 0.15) is 11.6 Å². The first-order chi connectivity index (χ1) is 7.59. The third kappa shape index (κ3) is 4.54. The summed E-state index contributed by atoms with van der Waals surface area (Å²) in [5.41, 5.74) is 5.35. The number of hydrogen-bond acceptors (Lipinski definition) is 5. The summed E-state index contributed by atoms with van der Waals surface area (Å²) >= 11 is 5.76. The van der Waals surface area contributed by atoms with Gasteiger partial charge in [0.25, 0.3) is 6.43 Å². The molecular formula is C8H11ClF2N4O. The van der Waals surface area contributed by atoms with Crippen LogP contribution in [0.15, 0.2) is 6.20 Å². The van der Waals surface area contributed by atoms with Gasteiger partial charge in [0.05, 0.1) is 12.8 Å². The Kier molecular flexibility index (Phi) is 5.13. The van der Waals surface area contributed by atoms with Gasteiger partial charge in [-0.1, -0.05) is 11.6 Å². The van der Waals surface area contributed by atoms with Crippen molar-refractivity contribution in [1.29, 1.82) is 0 Å². The molecule has 0 fully saturated rings. The number of nitrogens with one attached hydrogen (secondary N) is 1. The van der Waals surface area contributed by atoms with Crippen molar-refractivity contribution in [3.8, 4) is 0 Å². The van der Waals surface area contributed by atoms with Crippen molar-refractivity contribution in [2.75, 3.05) is 30.8 Å². The van der Waals surface area contributed by atoms with E-state index in [1.54, 1.807) is 0 Å². The maximum absolute atomic E-state index is 11.7. The molecule has 1 heterocycles. The zero-order chi connectivity index (χ0) is 12.0. The van der Waals surface area contributed by atoms with E-state index in [1.165, 1.54) is 6.20 Å². The maximum atomic E-state index is 11.7. The number of hydrogen-bond donors (Lipinski definition) is 2. The van der Waals surface area contributed by atoms with Crippen molar-refractivity contribution in [2.24, 2.45) is 0 Å². The Morgan fingerprint density at radius 2 is 2.31 bits per heavy atom. The zero-order valence-electron chi connectivity index (χ0n) is 8.29. The second kappa shape index (κ2) is 6.39. The highest BCUT2D eigenvalue weighted by molar-refractivity contribution is 6.32. The number of rotatable bonds is 6. The fraction of sp³-hybridized carbons (Fsp3) is 0.500. The molecule has 1 aromatic rings. The molecule has 90 valence electrons. The monoisotopic (exact) mass is 252 g/mol. The minimum Gasteiger partial charge on any atom is -0.374 e. The lowest BCUT2D eigenvalue weighted by atomic mass is 10.5. The number of ether oxygens (including phenoxy) is 1. The predicted molar refractivity (Wildman–Crippen MR) is 56.8 cm³/mol. The number of anilines is 2. The van der Waals surface area contributed by atoms with Crippen LogP contribution in [0, 0.1) is 0 Å². The van der Waals surface area contributed by atoms with E-state index in [2.05, 4.69) is 20.0 Å². The molecule has 0 aromatic carbocycles. The molecule has 0 aliphatic heterocycles. The van der Waals surface area contributed by atoms with E-state index < -0.39 is 13.0 Å². The third-order valence-electron chi connectivity index (χ3n) is 1.55. The van der Waals surface area contributed by atoms with Crippen LogP contribution in [-0.4, -0.2) is 36.2 Å². The van der Waals surface area contributed by atoms with E-state index in [-0.39, 0.29) is 12.6 Å². The Labute approximate surface area is 96.0 Å². The average molecular weight is 253 g/mol. The maximum Gasteiger partial charge on any atom is 0.261 e. The standard InChI is InChI=1S/C8H11ClF2N4O/c9-5-3-14-8(12)15-7(5)13-1-2-16-4-6(10)11/h3,6H,1-2,4H2,(H3,12,13,14,15). The van der Waals surface area contributed by atoms with E-state index in [0.29, 0.717) is 17.4 Å². The lowest BCUT2D eigenvalue weighted by molar-refractivity contribution is 0.0215. The molecule has 0 amide bonds. The van der Waals surface area contributed by atoms with Gasteiger partial charge in [-0.15, -0.1) is 0 Å². The molecule has 0 saturated carbocycles. The highest BCUT2D eigenvalue weighted by Crippen LogP contribution is 2.17. The van der Waals surface area contributed by atoms with Crippen LogP contribution in [0.25, 0.3) is 0 Å². The van der Waals surface area contributed by atoms with Gasteiger partial charge in [-0.25, -0.2) is 13.8 Å². The van der Waals surface area contributed by atoms with Crippen LogP contribution in [0.2, 0.25) is 5.02 Å². The fourth-order valence-corrected chi connectivity index (χ4v) is 1.08. The van der Waals surface area contributed by atoms with Gasteiger partial charge in [-0.3, -0.25) is 0 Å². The van der Waals surface area contributed by atoms with Gasteiger partial charge in [0, 0.05) is 6.54 Å². The molecule has 3 N–H and O–H groups in total. The highest BCUT2D eigenvalue weighted by atomic mass is 35.5. The first-order valence-electron chi connectivity index (χ1n) is 4.47. The van der Waals surface area contributed by atoms with Crippen LogP contribution in [-0.2, 0) is 4.74 Å². The Balaban J connectivity index is 2.29. The predicted octanol–water partition coefficient (Wildman–Crippen LogP) is 1.41. The second-order valence-electron chi connectivity index (χ2n) is 2.82. The Bertz CT molecular complexity index is 340. The Hall–Kier alpha value is -1.21. The van der Waals surface area contributed by atoms with E-state index >= 15 is 0 Å². The summed E-state index contributed by atoms with van der Waals surface area (Å²) in [6.07, 6.45) is -1.11. The largest absolute Gasteiger partial charge is 0.374 e.